The standard InChI is InChI=1S/C51H48N4S.Pt/c1-29(2)33-23-34(48-53-50(9)28-42-32(5)31(4)14-18-43(42)51(50,10)56-48)25-37(24-33)54-44-19-13-30(3)22-40(44)38-17-16-36(27-46(38)54)55-45-20-15-35(49(6,7)8)26-41(45)39-12-11-21-52-47(39)55;/h11-24,26,29H,28H2,1-10H3;/q-2;+2/t50-,51+;/m1./s1. The monoisotopic (exact) mass is 943 g/mol. The zero-order valence-electron chi connectivity index (χ0n) is 34.5. The van der Waals surface area contributed by atoms with E-state index in [4.69, 9.17) is 9.98 Å². The molecule has 4 heterocycles. The number of thioether (sulfide) groups is 1. The van der Waals surface area contributed by atoms with Gasteiger partial charge in [0.15, 0.2) is 0 Å². The van der Waals surface area contributed by atoms with Crippen molar-refractivity contribution in [3.8, 4) is 11.4 Å². The van der Waals surface area contributed by atoms with E-state index in [1.807, 2.05) is 24.0 Å². The van der Waals surface area contributed by atoms with Gasteiger partial charge in [-0.05, 0) is 122 Å². The average Bonchev–Trinajstić information content (AvgIpc) is 3.82. The van der Waals surface area contributed by atoms with E-state index in [1.165, 1.54) is 55.1 Å². The minimum absolute atomic E-state index is 0. The first-order valence-corrected chi connectivity index (χ1v) is 20.8. The molecule has 8 aromatic rings. The summed E-state index contributed by atoms with van der Waals surface area (Å²) < 4.78 is 4.53. The van der Waals surface area contributed by atoms with Crippen LogP contribution in [0.1, 0.15) is 98.9 Å². The van der Waals surface area contributed by atoms with Gasteiger partial charge in [-0.25, -0.2) is 4.98 Å². The zero-order valence-corrected chi connectivity index (χ0v) is 37.5. The Morgan fingerprint density at radius 2 is 1.53 bits per heavy atom. The first kappa shape index (κ1) is 38.1. The van der Waals surface area contributed by atoms with Crippen molar-refractivity contribution >= 4 is 60.5 Å². The van der Waals surface area contributed by atoms with Gasteiger partial charge in [-0.1, -0.05) is 81.7 Å². The molecular weight excluding hydrogens is 896 g/mol. The van der Waals surface area contributed by atoms with Crippen molar-refractivity contribution in [2.24, 2.45) is 4.99 Å². The Hall–Kier alpha value is -4.44. The van der Waals surface area contributed by atoms with Crippen molar-refractivity contribution in [1.82, 2.24) is 14.1 Å². The molecule has 0 saturated carbocycles. The molecule has 0 bridgehead atoms. The minimum Gasteiger partial charge on any atom is -0.352 e. The Morgan fingerprint density at radius 1 is 0.772 bits per heavy atom. The minimum atomic E-state index is -0.229. The van der Waals surface area contributed by atoms with Crippen LogP contribution in [-0.4, -0.2) is 24.7 Å². The normalized spacial score (nSPS) is 19.2. The number of rotatable bonds is 4. The van der Waals surface area contributed by atoms with Crippen molar-refractivity contribution < 1.29 is 21.1 Å². The number of benzene rings is 5. The summed E-state index contributed by atoms with van der Waals surface area (Å²) in [5.41, 5.74) is 16.6. The van der Waals surface area contributed by atoms with E-state index in [0.29, 0.717) is 5.92 Å². The van der Waals surface area contributed by atoms with Crippen molar-refractivity contribution in [3.05, 3.63) is 148 Å². The van der Waals surface area contributed by atoms with Gasteiger partial charge in [0.1, 0.15) is 5.65 Å². The van der Waals surface area contributed by atoms with Gasteiger partial charge in [0.2, 0.25) is 0 Å². The topological polar surface area (TPSA) is 35.1 Å². The quantitative estimate of drug-likeness (QED) is 0.165. The van der Waals surface area contributed by atoms with E-state index in [2.05, 4.69) is 169 Å². The molecule has 0 N–H and O–H groups in total. The number of aliphatic imine (C=N–C) groups is 1. The van der Waals surface area contributed by atoms with Crippen LogP contribution < -0.4 is 0 Å². The molecule has 5 aromatic carbocycles. The third-order valence-corrected chi connectivity index (χ3v) is 14.6. The van der Waals surface area contributed by atoms with Crippen LogP contribution >= 0.6 is 11.8 Å². The predicted molar refractivity (Wildman–Crippen MR) is 238 cm³/mol. The summed E-state index contributed by atoms with van der Waals surface area (Å²) in [6.45, 7) is 22.8. The molecule has 2 aliphatic rings. The maximum Gasteiger partial charge on any atom is 2.00 e. The summed E-state index contributed by atoms with van der Waals surface area (Å²) in [7, 11) is 0. The van der Waals surface area contributed by atoms with Gasteiger partial charge in [0.05, 0.1) is 15.8 Å². The Kier molecular flexibility index (Phi) is 8.71. The van der Waals surface area contributed by atoms with Gasteiger partial charge in [-0.2, -0.15) is 6.07 Å². The first-order chi connectivity index (χ1) is 26.6. The average molecular weight is 944 g/mol. The molecule has 0 unspecified atom stereocenters. The van der Waals surface area contributed by atoms with Crippen LogP contribution in [0.2, 0.25) is 0 Å². The predicted octanol–water partition coefficient (Wildman–Crippen LogP) is 12.9. The van der Waals surface area contributed by atoms with Gasteiger partial charge in [0.25, 0.3) is 0 Å². The molecule has 0 radical (unpaired) electrons. The van der Waals surface area contributed by atoms with Crippen LogP contribution in [0.4, 0.5) is 0 Å². The van der Waals surface area contributed by atoms with Gasteiger partial charge in [-0.3, -0.25) is 0 Å². The molecular formula is C51H48N4PtS. The number of hydrogen-bond donors (Lipinski definition) is 0. The maximum absolute atomic E-state index is 5.62. The summed E-state index contributed by atoms with van der Waals surface area (Å²) in [6.07, 6.45) is 2.85. The van der Waals surface area contributed by atoms with E-state index in [9.17, 15) is 0 Å². The Labute approximate surface area is 355 Å². The van der Waals surface area contributed by atoms with E-state index < -0.39 is 0 Å². The molecule has 0 saturated heterocycles. The van der Waals surface area contributed by atoms with Gasteiger partial charge < -0.3 is 14.1 Å². The molecule has 10 rings (SSSR count). The Morgan fingerprint density at radius 3 is 2.30 bits per heavy atom. The van der Waals surface area contributed by atoms with Crippen LogP contribution in [0.3, 0.4) is 0 Å². The van der Waals surface area contributed by atoms with Gasteiger partial charge in [-0.15, -0.1) is 58.6 Å². The Bertz CT molecular complexity index is 3010. The fraction of sp³-hybridized carbons (Fsp3) is 0.294. The summed E-state index contributed by atoms with van der Waals surface area (Å²) in [5.74, 6) is 0.322. The van der Waals surface area contributed by atoms with E-state index in [-0.39, 0.29) is 36.8 Å². The van der Waals surface area contributed by atoms with Crippen LogP contribution in [0.25, 0.3) is 55.1 Å². The number of aryl methyl sites for hydroxylation is 2. The Balaban J connectivity index is 0.00000422. The molecule has 2 atom stereocenters. The van der Waals surface area contributed by atoms with E-state index >= 15 is 0 Å². The summed E-state index contributed by atoms with van der Waals surface area (Å²) in [4.78, 5) is 10.6. The first-order valence-electron chi connectivity index (χ1n) is 20.0. The molecule has 0 fully saturated rings. The van der Waals surface area contributed by atoms with E-state index in [1.54, 1.807) is 0 Å². The van der Waals surface area contributed by atoms with Crippen LogP contribution in [-0.2, 0) is 37.6 Å². The van der Waals surface area contributed by atoms with Crippen molar-refractivity contribution in [2.45, 2.75) is 97.3 Å². The molecule has 4 nitrogen and oxygen atoms in total. The smallest absolute Gasteiger partial charge is 0.352 e. The molecule has 57 heavy (non-hydrogen) atoms. The molecule has 3 aromatic heterocycles. The summed E-state index contributed by atoms with van der Waals surface area (Å²) >= 11 is 1.92. The molecule has 6 heteroatoms. The largest absolute Gasteiger partial charge is 2.00 e. The van der Waals surface area contributed by atoms with Crippen molar-refractivity contribution in [1.29, 1.82) is 0 Å². The van der Waals surface area contributed by atoms with Crippen LogP contribution in [0.5, 0.6) is 0 Å². The fourth-order valence-corrected chi connectivity index (χ4v) is 10.8. The number of nitrogens with zero attached hydrogens (tertiary/aromatic N) is 4. The van der Waals surface area contributed by atoms with Crippen molar-refractivity contribution in [3.63, 3.8) is 0 Å². The maximum atomic E-state index is 5.62. The second kappa shape index (κ2) is 13.0. The van der Waals surface area contributed by atoms with Gasteiger partial charge in [0, 0.05) is 27.5 Å². The number of aromatic nitrogens is 3. The summed E-state index contributed by atoms with van der Waals surface area (Å²) in [5, 5.41) is 5.83. The number of hydrogen-bond acceptors (Lipinski definition) is 3. The second-order valence-electron chi connectivity index (χ2n) is 18.1. The second-order valence-corrected chi connectivity index (χ2v) is 19.5. The van der Waals surface area contributed by atoms with E-state index in [0.717, 1.165) is 56.0 Å². The fourth-order valence-electron chi connectivity index (χ4n) is 9.35. The van der Waals surface area contributed by atoms with Crippen molar-refractivity contribution in [2.75, 3.05) is 0 Å². The SMILES string of the molecule is Cc1ccc2c(c1)c1ccc(-n3c4ccc(C(C)(C)C)cc4c4cccnc43)[c-]c1n2-c1[c-]c(C2=N[C@]3(C)Cc4c(ccc(C)c4C)[C@]3(C)S2)cc(C(C)C)c1.[Pt+2]. The third-order valence-electron chi connectivity index (χ3n) is 13.0. The zero-order chi connectivity index (χ0) is 39.1. The van der Waals surface area contributed by atoms with Gasteiger partial charge >= 0.3 is 21.1 Å². The molecule has 0 spiro atoms. The third kappa shape index (κ3) is 5.59. The number of pyridine rings is 1. The molecule has 288 valence electrons. The molecule has 1 aliphatic heterocycles. The molecule has 1 aliphatic carbocycles. The molecule has 0 amide bonds. The van der Waals surface area contributed by atoms with Crippen LogP contribution in [0.15, 0.2) is 96.1 Å². The summed E-state index contributed by atoms with van der Waals surface area (Å²) in [6, 6.07) is 39.6. The van der Waals surface area contributed by atoms with Crippen LogP contribution in [0, 0.1) is 32.9 Å². The number of fused-ring (bicyclic) bond motifs is 9.